The van der Waals surface area contributed by atoms with E-state index in [2.05, 4.69) is 9.97 Å². The lowest BCUT2D eigenvalue weighted by Crippen LogP contribution is -2.08. The number of hydrogen-bond donors (Lipinski definition) is 0. The highest BCUT2D eigenvalue weighted by Crippen LogP contribution is 2.15. The molecule has 8 heteroatoms. The minimum Gasteiger partial charge on any atom is -0.334 e. The van der Waals surface area contributed by atoms with Crippen LogP contribution in [0.4, 0.5) is 0 Å². The molecule has 98 valence electrons. The number of halogens is 1. The monoisotopic (exact) mass is 288 g/mol. The Morgan fingerprint density at radius 3 is 2.67 bits per heavy atom. The van der Waals surface area contributed by atoms with E-state index < -0.39 is 9.05 Å². The lowest BCUT2D eigenvalue weighted by Gasteiger charge is -2.06. The molecule has 2 aromatic rings. The molecule has 0 aliphatic heterocycles. The van der Waals surface area contributed by atoms with E-state index in [0.29, 0.717) is 12.4 Å². The van der Waals surface area contributed by atoms with E-state index in [-0.39, 0.29) is 5.03 Å². The van der Waals surface area contributed by atoms with Gasteiger partial charge in [0.05, 0.1) is 6.54 Å². The van der Waals surface area contributed by atoms with E-state index in [9.17, 15) is 8.42 Å². The van der Waals surface area contributed by atoms with Crippen LogP contribution in [0.3, 0.4) is 0 Å². The van der Waals surface area contributed by atoms with Crippen LogP contribution in [0.15, 0.2) is 23.6 Å². The van der Waals surface area contributed by atoms with Crippen molar-refractivity contribution in [3.63, 3.8) is 0 Å². The summed E-state index contributed by atoms with van der Waals surface area (Å²) in [6, 6.07) is 0. The molecule has 0 aromatic carbocycles. The number of rotatable bonds is 4. The van der Waals surface area contributed by atoms with Crippen molar-refractivity contribution in [1.82, 2.24) is 19.1 Å². The van der Waals surface area contributed by atoms with Gasteiger partial charge in [-0.1, -0.05) is 0 Å². The molecule has 2 rings (SSSR count). The van der Waals surface area contributed by atoms with Crippen molar-refractivity contribution in [1.29, 1.82) is 0 Å². The van der Waals surface area contributed by atoms with Gasteiger partial charge in [-0.3, -0.25) is 0 Å². The lowest BCUT2D eigenvalue weighted by molar-refractivity contribution is 0.606. The highest BCUT2D eigenvalue weighted by Gasteiger charge is 2.16. The molecule has 0 atom stereocenters. The fraction of sp³-hybridized carbons (Fsp3) is 0.400. The number of imidazole rings is 2. The summed E-state index contributed by atoms with van der Waals surface area (Å²) in [6.45, 7) is 5.02. The van der Waals surface area contributed by atoms with Gasteiger partial charge in [0.2, 0.25) is 0 Å². The van der Waals surface area contributed by atoms with E-state index in [1.807, 2.05) is 17.7 Å². The summed E-state index contributed by atoms with van der Waals surface area (Å²) in [4.78, 5) is 8.15. The molecule has 0 radical (unpaired) electrons. The number of aromatic nitrogens is 4. The van der Waals surface area contributed by atoms with Crippen LogP contribution in [0.25, 0.3) is 0 Å². The molecule has 0 bridgehead atoms. The van der Waals surface area contributed by atoms with Gasteiger partial charge in [0.1, 0.15) is 11.6 Å². The summed E-state index contributed by atoms with van der Waals surface area (Å²) in [6.07, 6.45) is 5.01. The van der Waals surface area contributed by atoms with Gasteiger partial charge in [0.25, 0.3) is 9.05 Å². The van der Waals surface area contributed by atoms with Gasteiger partial charge in [0, 0.05) is 35.8 Å². The van der Waals surface area contributed by atoms with Crippen LogP contribution >= 0.6 is 10.7 Å². The number of nitrogens with zero attached hydrogens (tertiary/aromatic N) is 4. The molecule has 0 amide bonds. The van der Waals surface area contributed by atoms with E-state index in [1.54, 1.807) is 17.7 Å². The van der Waals surface area contributed by atoms with Crippen molar-refractivity contribution in [3.05, 3.63) is 30.2 Å². The van der Waals surface area contributed by atoms with Gasteiger partial charge in [-0.05, 0) is 13.8 Å². The van der Waals surface area contributed by atoms with Crippen molar-refractivity contribution < 1.29 is 8.42 Å². The van der Waals surface area contributed by atoms with Crippen LogP contribution in [-0.2, 0) is 22.1 Å². The van der Waals surface area contributed by atoms with Gasteiger partial charge in [-0.2, -0.15) is 0 Å². The Morgan fingerprint density at radius 1 is 1.39 bits per heavy atom. The summed E-state index contributed by atoms with van der Waals surface area (Å²) in [5.74, 6) is 1.43. The Morgan fingerprint density at radius 2 is 2.11 bits per heavy atom. The van der Waals surface area contributed by atoms with Crippen LogP contribution in [0.2, 0.25) is 0 Å². The SMILES string of the molecule is CCn1ccnc1Cn1cc(S(=O)(=O)Cl)nc1C. The summed E-state index contributed by atoms with van der Waals surface area (Å²) >= 11 is 0. The predicted molar refractivity (Wildman–Crippen MR) is 67.0 cm³/mol. The molecular formula is C10H13ClN4O2S. The summed E-state index contributed by atoms with van der Waals surface area (Å²) < 4.78 is 26.1. The summed E-state index contributed by atoms with van der Waals surface area (Å²) in [5, 5.41) is -0.128. The Labute approximate surface area is 110 Å². The van der Waals surface area contributed by atoms with Gasteiger partial charge in [0.15, 0.2) is 5.03 Å². The summed E-state index contributed by atoms with van der Waals surface area (Å²) in [7, 11) is 1.47. The average molecular weight is 289 g/mol. The molecule has 0 aliphatic carbocycles. The Kier molecular flexibility index (Phi) is 3.45. The number of aryl methyl sites for hydroxylation is 2. The maximum absolute atomic E-state index is 11.2. The van der Waals surface area contributed by atoms with E-state index in [0.717, 1.165) is 12.4 Å². The molecule has 0 saturated carbocycles. The maximum atomic E-state index is 11.2. The Hall–Kier alpha value is -1.34. The quantitative estimate of drug-likeness (QED) is 0.797. The fourth-order valence-corrected chi connectivity index (χ4v) is 2.41. The highest BCUT2D eigenvalue weighted by atomic mass is 35.7. The van der Waals surface area contributed by atoms with Crippen LogP contribution in [0.1, 0.15) is 18.6 Å². The van der Waals surface area contributed by atoms with Crippen molar-refractivity contribution in [3.8, 4) is 0 Å². The van der Waals surface area contributed by atoms with E-state index >= 15 is 0 Å². The molecule has 0 unspecified atom stereocenters. The predicted octanol–water partition coefficient (Wildman–Crippen LogP) is 1.38. The van der Waals surface area contributed by atoms with Gasteiger partial charge in [-0.15, -0.1) is 0 Å². The lowest BCUT2D eigenvalue weighted by atomic mass is 10.5. The molecule has 18 heavy (non-hydrogen) atoms. The standard InChI is InChI=1S/C10H13ClN4O2S/c1-3-14-5-4-12-9(14)6-15-7-10(13-8(15)2)18(11,16)17/h4-5,7H,3,6H2,1-2H3. The number of hydrogen-bond acceptors (Lipinski definition) is 4. The molecule has 0 saturated heterocycles. The van der Waals surface area contributed by atoms with Crippen molar-refractivity contribution in [2.45, 2.75) is 32.0 Å². The average Bonchev–Trinajstić information content (AvgIpc) is 2.86. The highest BCUT2D eigenvalue weighted by molar-refractivity contribution is 8.13. The van der Waals surface area contributed by atoms with Crippen molar-refractivity contribution in [2.75, 3.05) is 0 Å². The Bertz CT molecular complexity index is 659. The second-order valence-corrected chi connectivity index (χ2v) is 6.33. The zero-order chi connectivity index (χ0) is 13.3. The molecule has 0 aliphatic rings. The smallest absolute Gasteiger partial charge is 0.280 e. The van der Waals surface area contributed by atoms with Crippen LogP contribution in [0, 0.1) is 6.92 Å². The first kappa shape index (κ1) is 13.1. The first-order valence-electron chi connectivity index (χ1n) is 5.40. The molecule has 0 spiro atoms. The second kappa shape index (κ2) is 4.74. The summed E-state index contributed by atoms with van der Waals surface area (Å²) in [5.41, 5.74) is 0. The first-order valence-corrected chi connectivity index (χ1v) is 7.71. The third-order valence-corrected chi connectivity index (χ3v) is 3.83. The van der Waals surface area contributed by atoms with Gasteiger partial charge >= 0.3 is 0 Å². The molecule has 2 heterocycles. The van der Waals surface area contributed by atoms with Crippen molar-refractivity contribution >= 4 is 19.7 Å². The van der Waals surface area contributed by atoms with Crippen LogP contribution in [0.5, 0.6) is 0 Å². The zero-order valence-electron chi connectivity index (χ0n) is 10.0. The fourth-order valence-electron chi connectivity index (χ4n) is 1.69. The minimum absolute atomic E-state index is 0.128. The van der Waals surface area contributed by atoms with E-state index in [1.165, 1.54) is 6.20 Å². The minimum atomic E-state index is -3.79. The molecular weight excluding hydrogens is 276 g/mol. The second-order valence-electron chi connectivity index (χ2n) is 3.82. The molecule has 0 N–H and O–H groups in total. The van der Waals surface area contributed by atoms with Crippen molar-refractivity contribution in [2.24, 2.45) is 0 Å². The first-order chi connectivity index (χ1) is 8.41. The topological polar surface area (TPSA) is 69.8 Å². The van der Waals surface area contributed by atoms with Crippen LogP contribution in [-0.4, -0.2) is 27.5 Å². The van der Waals surface area contributed by atoms with Gasteiger partial charge in [-0.25, -0.2) is 18.4 Å². The van der Waals surface area contributed by atoms with Crippen LogP contribution < -0.4 is 0 Å². The maximum Gasteiger partial charge on any atom is 0.280 e. The zero-order valence-corrected chi connectivity index (χ0v) is 11.6. The largest absolute Gasteiger partial charge is 0.334 e. The van der Waals surface area contributed by atoms with Gasteiger partial charge < -0.3 is 9.13 Å². The molecule has 2 aromatic heterocycles. The normalized spacial score (nSPS) is 11.9. The molecule has 6 nitrogen and oxygen atoms in total. The molecule has 0 fully saturated rings. The third kappa shape index (κ3) is 2.56. The third-order valence-electron chi connectivity index (χ3n) is 2.66. The van der Waals surface area contributed by atoms with E-state index in [4.69, 9.17) is 10.7 Å². The Balaban J connectivity index is 2.33.